The van der Waals surface area contributed by atoms with Gasteiger partial charge in [-0.05, 0) is 43.3 Å². The average molecular weight is 313 g/mol. The smallest absolute Gasteiger partial charge is 0.277 e. The summed E-state index contributed by atoms with van der Waals surface area (Å²) in [4.78, 5) is 16.6. The van der Waals surface area contributed by atoms with Gasteiger partial charge in [-0.25, -0.2) is 4.98 Å². The molecule has 0 radical (unpaired) electrons. The van der Waals surface area contributed by atoms with Crippen molar-refractivity contribution in [2.75, 3.05) is 5.32 Å². The average Bonchev–Trinajstić information content (AvgIpc) is 2.92. The highest BCUT2D eigenvalue weighted by atomic mass is 35.5. The van der Waals surface area contributed by atoms with Gasteiger partial charge in [0.05, 0.1) is 0 Å². The second-order valence-electron chi connectivity index (χ2n) is 4.75. The maximum atomic E-state index is 12.3. The quantitative estimate of drug-likeness (QED) is 0.771. The fourth-order valence-electron chi connectivity index (χ4n) is 2.03. The van der Waals surface area contributed by atoms with Gasteiger partial charge in [0.1, 0.15) is 5.76 Å². The molecule has 2 aromatic carbocycles. The minimum Gasteiger partial charge on any atom is -0.441 e. The first-order chi connectivity index (χ1) is 10.6. The van der Waals surface area contributed by atoms with Crippen molar-refractivity contribution in [2.45, 2.75) is 6.92 Å². The first-order valence-electron chi connectivity index (χ1n) is 6.73. The summed E-state index contributed by atoms with van der Waals surface area (Å²) in [6.45, 7) is 1.72. The number of anilines is 1. The second-order valence-corrected chi connectivity index (χ2v) is 5.19. The predicted molar refractivity (Wildman–Crippen MR) is 86.1 cm³/mol. The molecule has 0 aliphatic rings. The summed E-state index contributed by atoms with van der Waals surface area (Å²) in [5.41, 5.74) is 1.75. The van der Waals surface area contributed by atoms with Crippen molar-refractivity contribution < 1.29 is 9.21 Å². The number of carbonyl (C=O) groups is 1. The van der Waals surface area contributed by atoms with E-state index in [0.29, 0.717) is 22.4 Å². The van der Waals surface area contributed by atoms with E-state index in [0.717, 1.165) is 5.56 Å². The van der Waals surface area contributed by atoms with Gasteiger partial charge in [0.2, 0.25) is 5.89 Å². The third kappa shape index (κ3) is 3.02. The van der Waals surface area contributed by atoms with E-state index in [1.807, 2.05) is 30.3 Å². The minimum absolute atomic E-state index is 0.272. The van der Waals surface area contributed by atoms with Crippen LogP contribution in [0.2, 0.25) is 5.02 Å². The molecule has 3 rings (SSSR count). The fourth-order valence-corrected chi connectivity index (χ4v) is 2.16. The maximum absolute atomic E-state index is 12.3. The molecule has 22 heavy (non-hydrogen) atoms. The van der Waals surface area contributed by atoms with Crippen LogP contribution >= 0.6 is 11.6 Å². The van der Waals surface area contributed by atoms with Crippen molar-refractivity contribution in [1.82, 2.24) is 4.98 Å². The van der Waals surface area contributed by atoms with Gasteiger partial charge >= 0.3 is 0 Å². The molecule has 110 valence electrons. The Morgan fingerprint density at radius 1 is 1.09 bits per heavy atom. The summed E-state index contributed by atoms with van der Waals surface area (Å²) in [5.74, 6) is 0.593. The monoisotopic (exact) mass is 312 g/mol. The Morgan fingerprint density at radius 3 is 2.45 bits per heavy atom. The van der Waals surface area contributed by atoms with E-state index in [1.54, 1.807) is 31.2 Å². The van der Waals surface area contributed by atoms with E-state index in [4.69, 9.17) is 16.0 Å². The number of benzene rings is 2. The molecule has 0 aliphatic heterocycles. The molecule has 4 nitrogen and oxygen atoms in total. The standard InChI is InChI=1S/C17H13ClN2O2/c1-11-15(16(21)19-14-9-7-13(18)8-10-14)20-17(22-11)12-5-3-2-4-6-12/h2-10H,1H3,(H,19,21). The summed E-state index contributed by atoms with van der Waals surface area (Å²) >= 11 is 5.82. The van der Waals surface area contributed by atoms with Crippen molar-refractivity contribution >= 4 is 23.2 Å². The zero-order valence-corrected chi connectivity index (χ0v) is 12.6. The van der Waals surface area contributed by atoms with Crippen molar-refractivity contribution in [3.8, 4) is 11.5 Å². The lowest BCUT2D eigenvalue weighted by Crippen LogP contribution is -2.13. The van der Waals surface area contributed by atoms with Gasteiger partial charge in [0, 0.05) is 16.3 Å². The molecule has 0 saturated carbocycles. The van der Waals surface area contributed by atoms with Gasteiger partial charge in [-0.2, -0.15) is 0 Å². The molecule has 0 saturated heterocycles. The molecule has 1 amide bonds. The molecular formula is C17H13ClN2O2. The first-order valence-corrected chi connectivity index (χ1v) is 7.11. The van der Waals surface area contributed by atoms with Gasteiger partial charge in [-0.15, -0.1) is 0 Å². The number of oxazole rings is 1. The number of hydrogen-bond donors (Lipinski definition) is 1. The Hall–Kier alpha value is -2.59. The van der Waals surface area contributed by atoms with E-state index in [9.17, 15) is 4.79 Å². The van der Waals surface area contributed by atoms with Crippen LogP contribution < -0.4 is 5.32 Å². The summed E-state index contributed by atoms with van der Waals surface area (Å²) < 4.78 is 5.59. The van der Waals surface area contributed by atoms with Crippen LogP contribution in [0.3, 0.4) is 0 Å². The van der Waals surface area contributed by atoms with Gasteiger partial charge < -0.3 is 9.73 Å². The summed E-state index contributed by atoms with van der Waals surface area (Å²) in [7, 11) is 0. The summed E-state index contributed by atoms with van der Waals surface area (Å²) in [5, 5.41) is 3.38. The van der Waals surface area contributed by atoms with Gasteiger partial charge in [0.25, 0.3) is 5.91 Å². The Labute approximate surface area is 132 Å². The molecule has 0 aliphatic carbocycles. The van der Waals surface area contributed by atoms with Crippen molar-refractivity contribution in [2.24, 2.45) is 0 Å². The molecule has 0 bridgehead atoms. The number of nitrogens with one attached hydrogen (secondary N) is 1. The van der Waals surface area contributed by atoms with Crippen LogP contribution in [0, 0.1) is 6.92 Å². The van der Waals surface area contributed by atoms with Gasteiger partial charge in [-0.1, -0.05) is 29.8 Å². The highest BCUT2D eigenvalue weighted by Gasteiger charge is 2.18. The normalized spacial score (nSPS) is 10.5. The lowest BCUT2D eigenvalue weighted by molar-refractivity contribution is 0.102. The summed E-state index contributed by atoms with van der Waals surface area (Å²) in [6.07, 6.45) is 0. The predicted octanol–water partition coefficient (Wildman–Crippen LogP) is 4.56. The van der Waals surface area contributed by atoms with Crippen LogP contribution in [0.5, 0.6) is 0 Å². The van der Waals surface area contributed by atoms with E-state index >= 15 is 0 Å². The van der Waals surface area contributed by atoms with Crippen LogP contribution in [0.15, 0.2) is 59.0 Å². The lowest BCUT2D eigenvalue weighted by Gasteiger charge is -2.03. The van der Waals surface area contributed by atoms with E-state index in [1.165, 1.54) is 0 Å². The van der Waals surface area contributed by atoms with Crippen LogP contribution in [0.25, 0.3) is 11.5 Å². The molecule has 0 atom stereocenters. The highest BCUT2D eigenvalue weighted by Crippen LogP contribution is 2.22. The minimum atomic E-state index is -0.314. The van der Waals surface area contributed by atoms with Crippen molar-refractivity contribution in [3.05, 3.63) is 71.1 Å². The Bertz CT molecular complexity index is 795. The third-order valence-corrected chi connectivity index (χ3v) is 3.39. The molecule has 0 spiro atoms. The zero-order valence-electron chi connectivity index (χ0n) is 11.8. The zero-order chi connectivity index (χ0) is 15.5. The SMILES string of the molecule is Cc1oc(-c2ccccc2)nc1C(=O)Nc1ccc(Cl)cc1. The molecule has 5 heteroatoms. The first kappa shape index (κ1) is 14.4. The number of halogens is 1. The molecule has 1 heterocycles. The molecule has 1 aromatic heterocycles. The van der Waals surface area contributed by atoms with Crippen LogP contribution in [0.4, 0.5) is 5.69 Å². The van der Waals surface area contributed by atoms with Crippen molar-refractivity contribution in [3.63, 3.8) is 0 Å². The molecule has 0 fully saturated rings. The lowest BCUT2D eigenvalue weighted by atomic mass is 10.2. The fraction of sp³-hybridized carbons (Fsp3) is 0.0588. The Kier molecular flexibility index (Phi) is 3.94. The molecule has 1 N–H and O–H groups in total. The summed E-state index contributed by atoms with van der Waals surface area (Å²) in [6, 6.07) is 16.3. The third-order valence-electron chi connectivity index (χ3n) is 3.13. The number of aromatic nitrogens is 1. The molecule has 0 unspecified atom stereocenters. The largest absolute Gasteiger partial charge is 0.441 e. The maximum Gasteiger partial charge on any atom is 0.277 e. The molecular weight excluding hydrogens is 300 g/mol. The Balaban J connectivity index is 1.84. The van der Waals surface area contributed by atoms with Crippen LogP contribution in [-0.4, -0.2) is 10.9 Å². The number of nitrogens with zero attached hydrogens (tertiary/aromatic N) is 1. The van der Waals surface area contributed by atoms with Crippen LogP contribution in [-0.2, 0) is 0 Å². The number of carbonyl (C=O) groups excluding carboxylic acids is 1. The van der Waals surface area contributed by atoms with Crippen LogP contribution in [0.1, 0.15) is 16.2 Å². The van der Waals surface area contributed by atoms with Crippen molar-refractivity contribution in [1.29, 1.82) is 0 Å². The van der Waals surface area contributed by atoms with Gasteiger partial charge in [-0.3, -0.25) is 4.79 Å². The van der Waals surface area contributed by atoms with Gasteiger partial charge in [0.15, 0.2) is 5.69 Å². The number of amides is 1. The number of aryl methyl sites for hydroxylation is 1. The molecule has 3 aromatic rings. The number of rotatable bonds is 3. The number of hydrogen-bond acceptors (Lipinski definition) is 3. The second kappa shape index (κ2) is 6.03. The van der Waals surface area contributed by atoms with E-state index in [2.05, 4.69) is 10.3 Å². The van der Waals surface area contributed by atoms with E-state index in [-0.39, 0.29) is 11.6 Å². The topological polar surface area (TPSA) is 55.1 Å². The Morgan fingerprint density at radius 2 is 1.77 bits per heavy atom. The highest BCUT2D eigenvalue weighted by molar-refractivity contribution is 6.30. The van der Waals surface area contributed by atoms with E-state index < -0.39 is 0 Å².